The Morgan fingerprint density at radius 2 is 1.54 bits per heavy atom. The smallest absolute Gasteiger partial charge is 0.262 e. The van der Waals surface area contributed by atoms with E-state index in [0.29, 0.717) is 37.7 Å². The molecule has 4 aliphatic rings. The summed E-state index contributed by atoms with van der Waals surface area (Å²) in [5.41, 5.74) is 2.99. The molecule has 0 radical (unpaired) electrons. The van der Waals surface area contributed by atoms with Gasteiger partial charge in [-0.2, -0.15) is 9.37 Å². The van der Waals surface area contributed by atoms with Gasteiger partial charge in [-0.15, -0.1) is 0 Å². The molecule has 1 aromatic heterocycles. The van der Waals surface area contributed by atoms with Gasteiger partial charge < -0.3 is 24.4 Å². The van der Waals surface area contributed by atoms with Gasteiger partial charge in [0.25, 0.3) is 17.7 Å². The number of piperidine rings is 1. The number of halogens is 1. The summed E-state index contributed by atoms with van der Waals surface area (Å²) in [5.74, 6) is -1.39. The van der Waals surface area contributed by atoms with Crippen molar-refractivity contribution in [2.75, 3.05) is 36.5 Å². The monoisotopic (exact) mass is 734 g/mol. The summed E-state index contributed by atoms with van der Waals surface area (Å²) in [6.07, 6.45) is 3.01. The SMILES string of the molecule is CC(C)(c1ccc(Oc2ncnc(N3CCOCC3)c2F)cc1)c1ccc(OC2CC(Nc3ccc4c(c3)C(=O)N(C3CCC(=O)NC3=O)C4=O)C2)cc1. The molecule has 54 heavy (non-hydrogen) atoms. The molecule has 3 fully saturated rings. The van der Waals surface area contributed by atoms with E-state index in [1.807, 2.05) is 41.3 Å². The first-order chi connectivity index (χ1) is 26.0. The van der Waals surface area contributed by atoms with Crippen LogP contribution >= 0.6 is 0 Å². The zero-order valence-electron chi connectivity index (χ0n) is 29.8. The second-order valence-electron chi connectivity index (χ2n) is 14.5. The Bertz CT molecular complexity index is 2110. The summed E-state index contributed by atoms with van der Waals surface area (Å²) in [7, 11) is 0. The molecule has 2 N–H and O–H groups in total. The molecule has 4 amide bonds. The van der Waals surface area contributed by atoms with Gasteiger partial charge in [0.2, 0.25) is 17.6 Å². The molecule has 2 saturated heterocycles. The van der Waals surface area contributed by atoms with E-state index in [-0.39, 0.29) is 53.2 Å². The van der Waals surface area contributed by atoms with Crippen molar-refractivity contribution in [3.8, 4) is 17.4 Å². The molecule has 1 aliphatic carbocycles. The first-order valence-corrected chi connectivity index (χ1v) is 18.1. The number of anilines is 2. The number of hydrogen-bond donors (Lipinski definition) is 2. The summed E-state index contributed by atoms with van der Waals surface area (Å²) < 4.78 is 32.7. The van der Waals surface area contributed by atoms with Crippen molar-refractivity contribution in [3.63, 3.8) is 0 Å². The number of amides is 4. The maximum absolute atomic E-state index is 15.2. The number of nitrogens with zero attached hydrogens (tertiary/aromatic N) is 4. The Morgan fingerprint density at radius 3 is 2.22 bits per heavy atom. The van der Waals surface area contributed by atoms with E-state index in [2.05, 4.69) is 46.6 Å². The number of carbonyl (C=O) groups is 4. The first kappa shape index (κ1) is 35.2. The van der Waals surface area contributed by atoms with Crippen LogP contribution in [0.2, 0.25) is 0 Å². The first-order valence-electron chi connectivity index (χ1n) is 18.1. The van der Waals surface area contributed by atoms with Gasteiger partial charge in [0, 0.05) is 49.5 Å². The lowest BCUT2D eigenvalue weighted by Crippen LogP contribution is -2.54. The van der Waals surface area contributed by atoms with Gasteiger partial charge in [-0.05, 0) is 60.0 Å². The number of benzene rings is 3. The molecule has 13 nitrogen and oxygen atoms in total. The highest BCUT2D eigenvalue weighted by molar-refractivity contribution is 6.23. The highest BCUT2D eigenvalue weighted by Gasteiger charge is 2.45. The van der Waals surface area contributed by atoms with Crippen molar-refractivity contribution < 1.29 is 37.8 Å². The second-order valence-corrected chi connectivity index (χ2v) is 14.5. The van der Waals surface area contributed by atoms with Crippen molar-refractivity contribution in [1.29, 1.82) is 0 Å². The van der Waals surface area contributed by atoms with Gasteiger partial charge in [0.05, 0.1) is 24.3 Å². The van der Waals surface area contributed by atoms with Crippen LogP contribution in [-0.2, 0) is 19.7 Å². The number of rotatable bonds is 10. The minimum absolute atomic E-state index is 0.0132. The predicted molar refractivity (Wildman–Crippen MR) is 194 cm³/mol. The fourth-order valence-corrected chi connectivity index (χ4v) is 7.35. The molecule has 4 heterocycles. The predicted octanol–water partition coefficient (Wildman–Crippen LogP) is 4.99. The quantitative estimate of drug-likeness (QED) is 0.212. The van der Waals surface area contributed by atoms with E-state index in [9.17, 15) is 19.2 Å². The zero-order chi connectivity index (χ0) is 37.6. The topological polar surface area (TPSA) is 152 Å². The third-order valence-corrected chi connectivity index (χ3v) is 10.6. The highest BCUT2D eigenvalue weighted by Crippen LogP contribution is 2.37. The lowest BCUT2D eigenvalue weighted by Gasteiger charge is -2.36. The van der Waals surface area contributed by atoms with Crippen molar-refractivity contribution >= 4 is 35.1 Å². The number of morpholine rings is 1. The molecule has 1 unspecified atom stereocenters. The lowest BCUT2D eigenvalue weighted by atomic mass is 9.78. The van der Waals surface area contributed by atoms with E-state index in [4.69, 9.17) is 14.2 Å². The van der Waals surface area contributed by atoms with E-state index in [1.165, 1.54) is 6.33 Å². The molecular formula is C40H39FN6O7. The Labute approximate surface area is 310 Å². The summed E-state index contributed by atoms with van der Waals surface area (Å²) in [6, 6.07) is 19.7. The van der Waals surface area contributed by atoms with Gasteiger partial charge >= 0.3 is 0 Å². The largest absolute Gasteiger partial charge is 0.490 e. The van der Waals surface area contributed by atoms with Crippen molar-refractivity contribution in [3.05, 3.63) is 101 Å². The zero-order valence-corrected chi connectivity index (χ0v) is 29.8. The maximum Gasteiger partial charge on any atom is 0.262 e. The summed E-state index contributed by atoms with van der Waals surface area (Å²) in [6.45, 7) is 6.39. The van der Waals surface area contributed by atoms with Crippen LogP contribution in [0.5, 0.6) is 17.4 Å². The minimum atomic E-state index is -0.997. The Hall–Kier alpha value is -5.89. The van der Waals surface area contributed by atoms with Crippen molar-refractivity contribution in [2.24, 2.45) is 0 Å². The number of ether oxygens (including phenoxy) is 3. The Morgan fingerprint density at radius 1 is 0.870 bits per heavy atom. The number of hydrogen-bond acceptors (Lipinski definition) is 11. The van der Waals surface area contributed by atoms with E-state index < -0.39 is 35.5 Å². The van der Waals surface area contributed by atoms with Crippen LogP contribution in [-0.4, -0.2) is 83.0 Å². The molecule has 278 valence electrons. The third kappa shape index (κ3) is 6.73. The number of imide groups is 2. The Balaban J connectivity index is 0.839. The molecule has 3 aliphatic heterocycles. The standard InChI is InChI=1S/C40H39FN6O7/c1-40(2,24-5-10-28(11-6-24)54-37-34(41)35(42-22-43-37)46-15-17-52-18-16-46)23-3-8-27(9-4-23)53-29-19-26(20-29)44-25-7-12-30-31(21-25)39(51)47(38(30)50)32-13-14-33(48)45-36(32)49/h3-12,21-22,26,29,32,44H,13-20H2,1-2H3,(H,45,48,49). The molecule has 1 saturated carbocycles. The molecule has 3 aromatic carbocycles. The summed E-state index contributed by atoms with van der Waals surface area (Å²) in [5, 5.41) is 5.64. The number of aromatic nitrogens is 2. The average molecular weight is 735 g/mol. The maximum atomic E-state index is 15.2. The molecular weight excluding hydrogens is 695 g/mol. The van der Waals surface area contributed by atoms with E-state index >= 15 is 4.39 Å². The molecule has 4 aromatic rings. The second kappa shape index (κ2) is 14.2. The van der Waals surface area contributed by atoms with Crippen molar-refractivity contribution in [1.82, 2.24) is 20.2 Å². The van der Waals surface area contributed by atoms with E-state index in [1.54, 1.807) is 18.2 Å². The molecule has 0 spiro atoms. The number of fused-ring (bicyclic) bond motifs is 1. The van der Waals surface area contributed by atoms with Crippen molar-refractivity contribution in [2.45, 2.75) is 63.1 Å². The molecule has 8 rings (SSSR count). The fraction of sp³-hybridized carbons (Fsp3) is 0.350. The van der Waals surface area contributed by atoms with Crippen LogP contribution < -0.4 is 25.0 Å². The molecule has 14 heteroatoms. The van der Waals surface area contributed by atoms with Crippen LogP contribution in [0.25, 0.3) is 0 Å². The summed E-state index contributed by atoms with van der Waals surface area (Å²) in [4.78, 5) is 61.0. The van der Waals surface area contributed by atoms with Gasteiger partial charge in [-0.3, -0.25) is 29.4 Å². The van der Waals surface area contributed by atoms with Gasteiger partial charge in [0.15, 0.2) is 5.82 Å². The van der Waals surface area contributed by atoms with E-state index in [0.717, 1.165) is 34.6 Å². The van der Waals surface area contributed by atoms with Crippen LogP contribution in [0.3, 0.4) is 0 Å². The normalized spacial score (nSPS) is 21.4. The number of carbonyl (C=O) groups excluding carboxylic acids is 4. The number of nitrogens with one attached hydrogen (secondary N) is 2. The minimum Gasteiger partial charge on any atom is -0.490 e. The average Bonchev–Trinajstić information content (AvgIpc) is 3.40. The van der Waals surface area contributed by atoms with Gasteiger partial charge in [-0.25, -0.2) is 4.98 Å². The third-order valence-electron chi connectivity index (χ3n) is 10.6. The van der Waals surface area contributed by atoms with Crippen LogP contribution in [0.4, 0.5) is 15.9 Å². The van der Waals surface area contributed by atoms with Gasteiger partial charge in [-0.1, -0.05) is 38.1 Å². The highest BCUT2D eigenvalue weighted by atomic mass is 19.1. The van der Waals surface area contributed by atoms with Crippen LogP contribution in [0.1, 0.15) is 71.4 Å². The summed E-state index contributed by atoms with van der Waals surface area (Å²) >= 11 is 0. The molecule has 1 atom stereocenters. The Kier molecular flexibility index (Phi) is 9.22. The van der Waals surface area contributed by atoms with Crippen LogP contribution in [0, 0.1) is 5.82 Å². The van der Waals surface area contributed by atoms with Gasteiger partial charge in [0.1, 0.15) is 30.0 Å². The molecule has 0 bridgehead atoms. The lowest BCUT2D eigenvalue weighted by molar-refractivity contribution is -0.136. The van der Waals surface area contributed by atoms with Crippen LogP contribution in [0.15, 0.2) is 73.1 Å². The fourth-order valence-electron chi connectivity index (χ4n) is 7.35.